The van der Waals surface area contributed by atoms with Crippen molar-refractivity contribution in [2.75, 3.05) is 5.32 Å². The van der Waals surface area contributed by atoms with Gasteiger partial charge in [0, 0.05) is 37.1 Å². The van der Waals surface area contributed by atoms with Crippen molar-refractivity contribution in [1.29, 1.82) is 0 Å². The van der Waals surface area contributed by atoms with Gasteiger partial charge in [0.1, 0.15) is 5.82 Å². The molecule has 4 aromatic rings. The molecule has 4 rings (SSSR count). The van der Waals surface area contributed by atoms with Gasteiger partial charge in [-0.3, -0.25) is 4.68 Å². The average molecular weight is 411 g/mol. The lowest BCUT2D eigenvalue weighted by atomic mass is 10.1. The van der Waals surface area contributed by atoms with Crippen LogP contribution in [0.4, 0.5) is 19.0 Å². The summed E-state index contributed by atoms with van der Waals surface area (Å²) in [6, 6.07) is 15.0. The minimum absolute atomic E-state index is 0.369. The summed E-state index contributed by atoms with van der Waals surface area (Å²) in [5, 5.41) is 11.9. The lowest BCUT2D eigenvalue weighted by molar-refractivity contribution is -0.137. The Morgan fingerprint density at radius 2 is 1.80 bits per heavy atom. The number of alkyl halides is 3. The first kappa shape index (κ1) is 19.8. The number of halogens is 3. The van der Waals surface area contributed by atoms with Crippen LogP contribution in [0.2, 0.25) is 0 Å². The average Bonchev–Trinajstić information content (AvgIpc) is 3.32. The molecule has 0 aliphatic carbocycles. The zero-order valence-corrected chi connectivity index (χ0v) is 16.5. The van der Waals surface area contributed by atoms with E-state index in [0.717, 1.165) is 34.5 Å². The SMILES string of the molecule is Cc1cc(NCc2cccc(-c3cnn(C)c3)c2)nn1-c1cccc(C(F)(F)F)c1. The Balaban J connectivity index is 1.51. The van der Waals surface area contributed by atoms with Gasteiger partial charge in [0.05, 0.1) is 17.4 Å². The van der Waals surface area contributed by atoms with Crippen LogP contribution in [0, 0.1) is 6.92 Å². The van der Waals surface area contributed by atoms with Crippen LogP contribution in [0.1, 0.15) is 16.8 Å². The monoisotopic (exact) mass is 411 g/mol. The van der Waals surface area contributed by atoms with Crippen molar-refractivity contribution in [3.8, 4) is 16.8 Å². The Morgan fingerprint density at radius 3 is 2.53 bits per heavy atom. The highest BCUT2D eigenvalue weighted by molar-refractivity contribution is 5.62. The molecule has 5 nitrogen and oxygen atoms in total. The highest BCUT2D eigenvalue weighted by Gasteiger charge is 2.30. The molecule has 2 aromatic heterocycles. The second kappa shape index (κ2) is 7.70. The summed E-state index contributed by atoms with van der Waals surface area (Å²) in [5.74, 6) is 0.594. The fourth-order valence-corrected chi connectivity index (χ4v) is 3.26. The van der Waals surface area contributed by atoms with Crippen molar-refractivity contribution < 1.29 is 13.2 Å². The quantitative estimate of drug-likeness (QED) is 0.490. The Labute approximate surface area is 171 Å². The summed E-state index contributed by atoms with van der Waals surface area (Å²) in [6.45, 7) is 2.34. The summed E-state index contributed by atoms with van der Waals surface area (Å²) in [4.78, 5) is 0. The Hall–Kier alpha value is -3.55. The Morgan fingerprint density at radius 1 is 1.00 bits per heavy atom. The molecular weight excluding hydrogens is 391 g/mol. The molecule has 0 radical (unpaired) electrons. The number of rotatable bonds is 5. The van der Waals surface area contributed by atoms with E-state index in [2.05, 4.69) is 21.6 Å². The predicted molar refractivity (Wildman–Crippen MR) is 109 cm³/mol. The minimum atomic E-state index is -4.39. The number of benzene rings is 2. The highest BCUT2D eigenvalue weighted by Crippen LogP contribution is 2.30. The summed E-state index contributed by atoms with van der Waals surface area (Å²) < 4.78 is 42.3. The van der Waals surface area contributed by atoms with Gasteiger partial charge in [-0.25, -0.2) is 4.68 Å². The number of nitrogens with one attached hydrogen (secondary N) is 1. The maximum absolute atomic E-state index is 13.0. The molecule has 8 heteroatoms. The zero-order chi connectivity index (χ0) is 21.3. The molecule has 0 unspecified atom stereocenters. The molecule has 0 fully saturated rings. The molecule has 0 spiro atoms. The molecule has 2 heterocycles. The first-order chi connectivity index (χ1) is 14.3. The second-order valence-corrected chi connectivity index (χ2v) is 7.09. The van der Waals surface area contributed by atoms with Gasteiger partial charge < -0.3 is 5.32 Å². The number of hydrogen-bond donors (Lipinski definition) is 1. The van der Waals surface area contributed by atoms with Crippen molar-refractivity contribution >= 4 is 5.82 Å². The van der Waals surface area contributed by atoms with E-state index in [-0.39, 0.29) is 0 Å². The first-order valence-corrected chi connectivity index (χ1v) is 9.36. The molecule has 0 saturated carbocycles. The molecule has 0 aliphatic heterocycles. The fourth-order valence-electron chi connectivity index (χ4n) is 3.26. The van der Waals surface area contributed by atoms with Crippen LogP contribution in [-0.2, 0) is 19.8 Å². The smallest absolute Gasteiger partial charge is 0.365 e. The standard InChI is InChI=1S/C22H20F3N5/c1-15-9-21(28-30(15)20-8-4-7-19(11-20)22(23,24)25)26-12-16-5-3-6-17(10-16)18-13-27-29(2)14-18/h3-11,13-14H,12H2,1-2H3,(H,26,28). The van der Waals surface area contributed by atoms with Gasteiger partial charge >= 0.3 is 6.18 Å². The second-order valence-electron chi connectivity index (χ2n) is 7.09. The van der Waals surface area contributed by atoms with Crippen LogP contribution >= 0.6 is 0 Å². The van der Waals surface area contributed by atoms with E-state index in [1.807, 2.05) is 50.6 Å². The molecule has 1 N–H and O–H groups in total. The van der Waals surface area contributed by atoms with Crippen molar-refractivity contribution in [1.82, 2.24) is 19.6 Å². The minimum Gasteiger partial charge on any atom is -0.365 e. The topological polar surface area (TPSA) is 47.7 Å². The Kier molecular flexibility index (Phi) is 5.07. The third-order valence-electron chi connectivity index (χ3n) is 4.74. The normalized spacial score (nSPS) is 11.6. The van der Waals surface area contributed by atoms with Gasteiger partial charge in [-0.05, 0) is 42.3 Å². The summed E-state index contributed by atoms with van der Waals surface area (Å²) in [7, 11) is 1.87. The first-order valence-electron chi connectivity index (χ1n) is 9.36. The van der Waals surface area contributed by atoms with Crippen LogP contribution in [0.25, 0.3) is 16.8 Å². The van der Waals surface area contributed by atoms with E-state index < -0.39 is 11.7 Å². The molecule has 0 atom stereocenters. The van der Waals surface area contributed by atoms with Crippen molar-refractivity contribution in [2.45, 2.75) is 19.6 Å². The number of nitrogens with zero attached hydrogens (tertiary/aromatic N) is 4. The van der Waals surface area contributed by atoms with Gasteiger partial charge in [-0.15, -0.1) is 0 Å². The zero-order valence-electron chi connectivity index (χ0n) is 16.5. The summed E-state index contributed by atoms with van der Waals surface area (Å²) >= 11 is 0. The maximum Gasteiger partial charge on any atom is 0.416 e. The van der Waals surface area contributed by atoms with Crippen molar-refractivity contribution in [2.24, 2.45) is 7.05 Å². The van der Waals surface area contributed by atoms with Gasteiger partial charge in [0.15, 0.2) is 0 Å². The lowest BCUT2D eigenvalue weighted by Crippen LogP contribution is -2.07. The van der Waals surface area contributed by atoms with Crippen LogP contribution < -0.4 is 5.32 Å². The van der Waals surface area contributed by atoms with Gasteiger partial charge in [-0.2, -0.15) is 23.4 Å². The third kappa shape index (κ3) is 4.22. The van der Waals surface area contributed by atoms with E-state index in [4.69, 9.17) is 0 Å². The molecular formula is C22H20F3N5. The molecule has 2 aromatic carbocycles. The largest absolute Gasteiger partial charge is 0.416 e. The van der Waals surface area contributed by atoms with Crippen LogP contribution in [0.5, 0.6) is 0 Å². The van der Waals surface area contributed by atoms with Crippen LogP contribution in [0.3, 0.4) is 0 Å². The lowest BCUT2D eigenvalue weighted by Gasteiger charge is -2.10. The highest BCUT2D eigenvalue weighted by atomic mass is 19.4. The van der Waals surface area contributed by atoms with Gasteiger partial charge in [-0.1, -0.05) is 24.3 Å². The molecule has 30 heavy (non-hydrogen) atoms. The number of anilines is 1. The van der Waals surface area contributed by atoms with Crippen molar-refractivity contribution in [3.63, 3.8) is 0 Å². The van der Waals surface area contributed by atoms with Gasteiger partial charge in [0.2, 0.25) is 0 Å². The number of hydrogen-bond acceptors (Lipinski definition) is 3. The number of aromatic nitrogens is 4. The number of aryl methyl sites for hydroxylation is 2. The predicted octanol–water partition coefficient (Wildman–Crippen LogP) is 5.21. The summed E-state index contributed by atoms with van der Waals surface area (Å²) in [5.41, 5.74) is 3.56. The molecule has 0 bridgehead atoms. The molecule has 0 saturated heterocycles. The summed E-state index contributed by atoms with van der Waals surface area (Å²) in [6.07, 6.45) is -0.628. The molecule has 0 amide bonds. The van der Waals surface area contributed by atoms with Crippen LogP contribution in [-0.4, -0.2) is 19.6 Å². The fraction of sp³-hybridized carbons (Fsp3) is 0.182. The van der Waals surface area contributed by atoms with E-state index in [0.29, 0.717) is 18.1 Å². The van der Waals surface area contributed by atoms with Crippen molar-refractivity contribution in [3.05, 3.63) is 83.8 Å². The van der Waals surface area contributed by atoms with E-state index >= 15 is 0 Å². The van der Waals surface area contributed by atoms with E-state index in [1.54, 1.807) is 10.7 Å². The van der Waals surface area contributed by atoms with E-state index in [9.17, 15) is 13.2 Å². The Bertz CT molecular complexity index is 1170. The third-order valence-corrected chi connectivity index (χ3v) is 4.74. The van der Waals surface area contributed by atoms with Crippen LogP contribution in [0.15, 0.2) is 67.0 Å². The molecule has 0 aliphatic rings. The molecule has 154 valence electrons. The van der Waals surface area contributed by atoms with Gasteiger partial charge in [0.25, 0.3) is 0 Å². The van der Waals surface area contributed by atoms with E-state index in [1.165, 1.54) is 10.7 Å². The maximum atomic E-state index is 13.0.